The number of aryl methyl sites for hydroxylation is 1. The van der Waals surface area contributed by atoms with Gasteiger partial charge in [-0.3, -0.25) is 4.68 Å². The van der Waals surface area contributed by atoms with E-state index < -0.39 is 0 Å². The second-order valence-electron chi connectivity index (χ2n) is 3.01. The summed E-state index contributed by atoms with van der Waals surface area (Å²) in [5.74, 6) is 0.162. The van der Waals surface area contributed by atoms with Crippen LogP contribution in [0.4, 0.5) is 0 Å². The first kappa shape index (κ1) is 9.09. The molecule has 0 radical (unpaired) electrons. The molecular weight excluding hydrogens is 200 g/mol. The maximum absolute atomic E-state index is 9.55. The number of hydrogen-bond donors (Lipinski definition) is 1. The fourth-order valence-corrected chi connectivity index (χ4v) is 1.59. The number of benzene rings is 1. The average Bonchev–Trinajstić information content (AvgIpc) is 2.46. The molecule has 72 valence electrons. The highest BCUT2D eigenvalue weighted by Crippen LogP contribution is 2.29. The Morgan fingerprint density at radius 1 is 1.43 bits per heavy atom. The molecule has 0 unspecified atom stereocenters. The first-order chi connectivity index (χ1) is 6.68. The summed E-state index contributed by atoms with van der Waals surface area (Å²) in [4.78, 5) is 0. The minimum Gasteiger partial charge on any atom is -0.504 e. The lowest BCUT2D eigenvalue weighted by Gasteiger charge is -2.02. The Morgan fingerprint density at radius 3 is 2.79 bits per heavy atom. The summed E-state index contributed by atoms with van der Waals surface area (Å²) in [5.41, 5.74) is 1.53. The largest absolute Gasteiger partial charge is 0.504 e. The third kappa shape index (κ3) is 1.46. The quantitative estimate of drug-likeness (QED) is 0.782. The predicted molar refractivity (Wildman–Crippen MR) is 55.3 cm³/mol. The van der Waals surface area contributed by atoms with Crippen LogP contribution in [-0.4, -0.2) is 14.9 Å². The van der Waals surface area contributed by atoms with Crippen molar-refractivity contribution in [1.29, 1.82) is 0 Å². The van der Waals surface area contributed by atoms with E-state index in [0.717, 1.165) is 5.56 Å². The molecule has 2 aromatic rings. The Kier molecular flexibility index (Phi) is 2.17. The van der Waals surface area contributed by atoms with Crippen LogP contribution in [0.3, 0.4) is 0 Å². The molecule has 0 fully saturated rings. The third-order valence-electron chi connectivity index (χ3n) is 2.02. The van der Waals surface area contributed by atoms with Crippen LogP contribution in [0.1, 0.15) is 0 Å². The zero-order valence-corrected chi connectivity index (χ0v) is 8.36. The van der Waals surface area contributed by atoms with Gasteiger partial charge < -0.3 is 5.11 Å². The van der Waals surface area contributed by atoms with Crippen LogP contribution in [-0.2, 0) is 7.05 Å². The molecular formula is C10H9ClN2O. The number of halogens is 1. The van der Waals surface area contributed by atoms with Crippen LogP contribution in [0.25, 0.3) is 11.3 Å². The van der Waals surface area contributed by atoms with E-state index in [1.54, 1.807) is 23.9 Å². The summed E-state index contributed by atoms with van der Waals surface area (Å²) in [5, 5.41) is 14.1. The lowest BCUT2D eigenvalue weighted by atomic mass is 10.1. The molecule has 3 nitrogen and oxygen atoms in total. The van der Waals surface area contributed by atoms with Gasteiger partial charge in [-0.25, -0.2) is 0 Å². The molecule has 4 heteroatoms. The normalized spacial score (nSPS) is 10.4. The van der Waals surface area contributed by atoms with Gasteiger partial charge in [0.05, 0.1) is 6.20 Å². The van der Waals surface area contributed by atoms with Gasteiger partial charge in [0.15, 0.2) is 5.75 Å². The molecule has 2 rings (SSSR count). The molecule has 0 saturated heterocycles. The number of rotatable bonds is 1. The Morgan fingerprint density at radius 2 is 2.21 bits per heavy atom. The third-order valence-corrected chi connectivity index (χ3v) is 2.25. The number of aromatic hydroxyl groups is 1. The highest BCUT2D eigenvalue weighted by atomic mass is 35.5. The minimum atomic E-state index is 0.162. The summed E-state index contributed by atoms with van der Waals surface area (Å²) in [6.45, 7) is 0. The van der Waals surface area contributed by atoms with E-state index >= 15 is 0 Å². The molecule has 1 heterocycles. The maximum Gasteiger partial charge on any atom is 0.161 e. The highest BCUT2D eigenvalue weighted by molar-refractivity contribution is 6.30. The standard InChI is InChI=1S/C10H9ClN2O/c1-13-10(9(14)6-12-13)7-3-2-4-8(11)5-7/h2-6,14H,1H3. The summed E-state index contributed by atoms with van der Waals surface area (Å²) in [6.07, 6.45) is 1.41. The van der Waals surface area contributed by atoms with E-state index in [1.807, 2.05) is 12.1 Å². The maximum atomic E-state index is 9.55. The summed E-state index contributed by atoms with van der Waals surface area (Å²) < 4.78 is 1.61. The van der Waals surface area contributed by atoms with Crippen molar-refractivity contribution in [2.45, 2.75) is 0 Å². The monoisotopic (exact) mass is 208 g/mol. The highest BCUT2D eigenvalue weighted by Gasteiger charge is 2.09. The molecule has 0 aliphatic rings. The van der Waals surface area contributed by atoms with Crippen molar-refractivity contribution in [3.05, 3.63) is 35.5 Å². The van der Waals surface area contributed by atoms with Crippen molar-refractivity contribution in [1.82, 2.24) is 9.78 Å². The van der Waals surface area contributed by atoms with Gasteiger partial charge in [-0.1, -0.05) is 23.7 Å². The fourth-order valence-electron chi connectivity index (χ4n) is 1.40. The molecule has 0 aliphatic heterocycles. The lowest BCUT2D eigenvalue weighted by molar-refractivity contribution is 0.477. The van der Waals surface area contributed by atoms with Crippen LogP contribution in [0.5, 0.6) is 5.75 Å². The molecule has 1 aromatic carbocycles. The Hall–Kier alpha value is -1.48. The summed E-state index contributed by atoms with van der Waals surface area (Å²) in [7, 11) is 1.77. The van der Waals surface area contributed by atoms with E-state index in [-0.39, 0.29) is 5.75 Å². The zero-order chi connectivity index (χ0) is 10.1. The van der Waals surface area contributed by atoms with Gasteiger partial charge >= 0.3 is 0 Å². The van der Waals surface area contributed by atoms with Gasteiger partial charge in [-0.2, -0.15) is 5.10 Å². The van der Waals surface area contributed by atoms with E-state index in [4.69, 9.17) is 11.6 Å². The van der Waals surface area contributed by atoms with Crippen LogP contribution in [0, 0.1) is 0 Å². The summed E-state index contributed by atoms with van der Waals surface area (Å²) in [6, 6.07) is 7.30. The Labute approximate surface area is 86.6 Å². The molecule has 0 amide bonds. The van der Waals surface area contributed by atoms with Gasteiger partial charge in [-0.15, -0.1) is 0 Å². The average molecular weight is 209 g/mol. The smallest absolute Gasteiger partial charge is 0.161 e. The number of nitrogens with zero attached hydrogens (tertiary/aromatic N) is 2. The predicted octanol–water partition coefficient (Wildman–Crippen LogP) is 2.45. The fraction of sp³-hybridized carbons (Fsp3) is 0.100. The molecule has 1 N–H and O–H groups in total. The molecule has 14 heavy (non-hydrogen) atoms. The first-order valence-electron chi connectivity index (χ1n) is 4.15. The van der Waals surface area contributed by atoms with Gasteiger partial charge in [0.1, 0.15) is 5.69 Å². The van der Waals surface area contributed by atoms with Crippen LogP contribution >= 0.6 is 11.6 Å². The number of hydrogen-bond acceptors (Lipinski definition) is 2. The van der Waals surface area contributed by atoms with Crippen molar-refractivity contribution < 1.29 is 5.11 Å². The molecule has 0 spiro atoms. The molecule has 0 aliphatic carbocycles. The minimum absolute atomic E-state index is 0.162. The van der Waals surface area contributed by atoms with Gasteiger partial charge in [0.2, 0.25) is 0 Å². The van der Waals surface area contributed by atoms with Crippen molar-refractivity contribution in [2.24, 2.45) is 7.05 Å². The van der Waals surface area contributed by atoms with Crippen molar-refractivity contribution >= 4 is 11.6 Å². The van der Waals surface area contributed by atoms with Crippen LogP contribution in [0.2, 0.25) is 5.02 Å². The van der Waals surface area contributed by atoms with E-state index in [0.29, 0.717) is 10.7 Å². The number of aromatic nitrogens is 2. The topological polar surface area (TPSA) is 38.0 Å². The van der Waals surface area contributed by atoms with E-state index in [1.165, 1.54) is 6.20 Å². The first-order valence-corrected chi connectivity index (χ1v) is 4.53. The van der Waals surface area contributed by atoms with E-state index in [9.17, 15) is 5.11 Å². The van der Waals surface area contributed by atoms with E-state index in [2.05, 4.69) is 5.10 Å². The second-order valence-corrected chi connectivity index (χ2v) is 3.45. The molecule has 0 saturated carbocycles. The van der Waals surface area contributed by atoms with Gasteiger partial charge in [-0.05, 0) is 12.1 Å². The molecule has 0 atom stereocenters. The van der Waals surface area contributed by atoms with Crippen LogP contribution in [0.15, 0.2) is 30.5 Å². The van der Waals surface area contributed by atoms with Gasteiger partial charge in [0, 0.05) is 17.6 Å². The Balaban J connectivity index is 2.59. The zero-order valence-electron chi connectivity index (χ0n) is 7.61. The second kappa shape index (κ2) is 3.35. The SMILES string of the molecule is Cn1ncc(O)c1-c1cccc(Cl)c1. The van der Waals surface area contributed by atoms with Crippen LogP contribution < -0.4 is 0 Å². The Bertz CT molecular complexity index is 445. The van der Waals surface area contributed by atoms with Gasteiger partial charge in [0.25, 0.3) is 0 Å². The molecule has 1 aromatic heterocycles. The molecule has 0 bridgehead atoms. The summed E-state index contributed by atoms with van der Waals surface area (Å²) >= 11 is 5.86. The van der Waals surface area contributed by atoms with Crippen molar-refractivity contribution in [3.8, 4) is 17.0 Å². The van der Waals surface area contributed by atoms with Crippen molar-refractivity contribution in [3.63, 3.8) is 0 Å². The lowest BCUT2D eigenvalue weighted by Crippen LogP contribution is -1.93. The van der Waals surface area contributed by atoms with Crippen molar-refractivity contribution in [2.75, 3.05) is 0 Å².